The van der Waals surface area contributed by atoms with Crippen LogP contribution in [0.2, 0.25) is 0 Å². The van der Waals surface area contributed by atoms with E-state index in [1.54, 1.807) is 4.90 Å². The second-order valence-electron chi connectivity index (χ2n) is 5.65. The van der Waals surface area contributed by atoms with Crippen LogP contribution in [-0.2, 0) is 9.59 Å². The molecule has 1 aliphatic heterocycles. The molecule has 1 fully saturated rings. The summed E-state index contributed by atoms with van der Waals surface area (Å²) in [6, 6.07) is 9.66. The predicted molar refractivity (Wildman–Crippen MR) is 84.2 cm³/mol. The van der Waals surface area contributed by atoms with Crippen LogP contribution in [0.1, 0.15) is 24.2 Å². The maximum absolute atomic E-state index is 12.8. The van der Waals surface area contributed by atoms with Crippen LogP contribution in [0, 0.1) is 11.8 Å². The fourth-order valence-electron chi connectivity index (χ4n) is 2.88. The fourth-order valence-corrected chi connectivity index (χ4v) is 3.66. The number of nitrogens with zero attached hydrogens (tertiary/aromatic N) is 1. The van der Waals surface area contributed by atoms with Crippen molar-refractivity contribution in [3.05, 3.63) is 35.9 Å². The Kier molecular flexibility index (Phi) is 5.28. The third-order valence-corrected chi connectivity index (χ3v) is 4.83. The maximum Gasteiger partial charge on any atom is 0.308 e. The van der Waals surface area contributed by atoms with E-state index in [0.717, 1.165) is 5.56 Å². The molecule has 1 saturated heterocycles. The second kappa shape index (κ2) is 6.98. The topological polar surface area (TPSA) is 57.6 Å². The lowest BCUT2D eigenvalue weighted by Crippen LogP contribution is -2.46. The smallest absolute Gasteiger partial charge is 0.308 e. The van der Waals surface area contributed by atoms with Gasteiger partial charge in [-0.3, -0.25) is 9.59 Å². The minimum absolute atomic E-state index is 0.0199. The SMILES string of the molecule is CSC(C(=O)N1CC(C)CC(C(=O)O)C1)c1ccccc1. The van der Waals surface area contributed by atoms with Crippen LogP contribution in [0.4, 0.5) is 0 Å². The van der Waals surface area contributed by atoms with Crippen molar-refractivity contribution >= 4 is 23.6 Å². The number of likely N-dealkylation sites (tertiary alicyclic amines) is 1. The number of carboxylic acid groups (broad SMARTS) is 1. The van der Waals surface area contributed by atoms with Crippen LogP contribution in [0.3, 0.4) is 0 Å². The number of piperidine rings is 1. The third-order valence-electron chi connectivity index (χ3n) is 3.88. The van der Waals surface area contributed by atoms with Crippen molar-refractivity contribution < 1.29 is 14.7 Å². The number of amides is 1. The normalized spacial score (nSPS) is 23.6. The molecular weight excluding hydrogens is 286 g/mol. The summed E-state index contributed by atoms with van der Waals surface area (Å²) in [6.07, 6.45) is 2.56. The standard InChI is InChI=1S/C16H21NO3S/c1-11-8-13(16(19)20)10-17(9-11)15(18)14(21-2)12-6-4-3-5-7-12/h3-7,11,13-14H,8-10H2,1-2H3,(H,19,20). The maximum atomic E-state index is 12.8. The van der Waals surface area contributed by atoms with Gasteiger partial charge >= 0.3 is 5.97 Å². The molecule has 0 aliphatic carbocycles. The Morgan fingerprint density at radius 1 is 1.29 bits per heavy atom. The summed E-state index contributed by atoms with van der Waals surface area (Å²) in [4.78, 5) is 25.7. The van der Waals surface area contributed by atoms with Crippen molar-refractivity contribution in [2.45, 2.75) is 18.6 Å². The summed E-state index contributed by atoms with van der Waals surface area (Å²) in [5.41, 5.74) is 0.972. The highest BCUT2D eigenvalue weighted by Gasteiger charge is 2.34. The number of carbonyl (C=O) groups excluding carboxylic acids is 1. The Morgan fingerprint density at radius 2 is 1.95 bits per heavy atom. The van der Waals surface area contributed by atoms with Crippen LogP contribution in [0.5, 0.6) is 0 Å². The van der Waals surface area contributed by atoms with Crippen molar-refractivity contribution in [2.75, 3.05) is 19.3 Å². The molecule has 0 radical (unpaired) electrons. The minimum atomic E-state index is -0.806. The number of rotatable bonds is 4. The lowest BCUT2D eigenvalue weighted by Gasteiger charge is -2.36. The number of hydrogen-bond donors (Lipinski definition) is 1. The van der Waals surface area contributed by atoms with E-state index in [0.29, 0.717) is 19.5 Å². The van der Waals surface area contributed by atoms with Gasteiger partial charge in [-0.25, -0.2) is 0 Å². The summed E-state index contributed by atoms with van der Waals surface area (Å²) in [6.45, 7) is 2.97. The average molecular weight is 307 g/mol. The van der Waals surface area contributed by atoms with E-state index in [4.69, 9.17) is 0 Å². The summed E-state index contributed by atoms with van der Waals surface area (Å²) in [5, 5.41) is 8.97. The number of aliphatic carboxylic acids is 1. The average Bonchev–Trinajstić information content (AvgIpc) is 2.48. The zero-order valence-electron chi connectivity index (χ0n) is 12.4. The van der Waals surface area contributed by atoms with Crippen LogP contribution >= 0.6 is 11.8 Å². The van der Waals surface area contributed by atoms with Crippen molar-refractivity contribution in [1.82, 2.24) is 4.90 Å². The molecule has 0 bridgehead atoms. The Hall–Kier alpha value is -1.49. The Labute approximate surface area is 129 Å². The van der Waals surface area contributed by atoms with Gasteiger partial charge < -0.3 is 10.0 Å². The second-order valence-corrected chi connectivity index (χ2v) is 6.59. The Morgan fingerprint density at radius 3 is 2.52 bits per heavy atom. The number of hydrogen-bond acceptors (Lipinski definition) is 3. The molecule has 1 aliphatic rings. The van der Waals surface area contributed by atoms with Gasteiger partial charge in [0.1, 0.15) is 5.25 Å². The molecule has 0 aromatic heterocycles. The van der Waals surface area contributed by atoms with Gasteiger partial charge in [-0.2, -0.15) is 0 Å². The van der Waals surface area contributed by atoms with Crippen molar-refractivity contribution in [1.29, 1.82) is 0 Å². The van der Waals surface area contributed by atoms with E-state index < -0.39 is 11.9 Å². The molecule has 1 amide bonds. The van der Waals surface area contributed by atoms with Crippen LogP contribution in [0.25, 0.3) is 0 Å². The van der Waals surface area contributed by atoms with E-state index in [-0.39, 0.29) is 17.1 Å². The molecule has 5 heteroatoms. The first-order valence-corrected chi connectivity index (χ1v) is 8.41. The quantitative estimate of drug-likeness (QED) is 0.929. The molecule has 21 heavy (non-hydrogen) atoms. The fraction of sp³-hybridized carbons (Fsp3) is 0.500. The van der Waals surface area contributed by atoms with Crippen molar-refractivity contribution in [3.63, 3.8) is 0 Å². The molecule has 3 unspecified atom stereocenters. The largest absolute Gasteiger partial charge is 0.481 e. The first kappa shape index (κ1) is 15.9. The van der Waals surface area contributed by atoms with E-state index in [1.807, 2.05) is 43.5 Å². The van der Waals surface area contributed by atoms with Gasteiger partial charge in [0.25, 0.3) is 0 Å². The first-order chi connectivity index (χ1) is 10.0. The molecule has 2 rings (SSSR count). The lowest BCUT2D eigenvalue weighted by molar-refractivity contribution is -0.146. The molecule has 0 saturated carbocycles. The highest BCUT2D eigenvalue weighted by atomic mass is 32.2. The van der Waals surface area contributed by atoms with Crippen LogP contribution < -0.4 is 0 Å². The Balaban J connectivity index is 2.15. The number of carboxylic acids is 1. The van der Waals surface area contributed by atoms with Gasteiger partial charge in [-0.05, 0) is 24.2 Å². The molecule has 3 atom stereocenters. The van der Waals surface area contributed by atoms with Crippen LogP contribution in [0.15, 0.2) is 30.3 Å². The zero-order valence-corrected chi connectivity index (χ0v) is 13.2. The highest BCUT2D eigenvalue weighted by Crippen LogP contribution is 2.31. The molecule has 114 valence electrons. The molecule has 4 nitrogen and oxygen atoms in total. The number of benzene rings is 1. The summed E-state index contributed by atoms with van der Waals surface area (Å²) >= 11 is 1.50. The van der Waals surface area contributed by atoms with Gasteiger partial charge in [-0.1, -0.05) is 37.3 Å². The monoisotopic (exact) mass is 307 g/mol. The molecule has 1 aromatic carbocycles. The third kappa shape index (κ3) is 3.79. The number of carbonyl (C=O) groups is 2. The summed E-state index contributed by atoms with van der Waals surface area (Å²) < 4.78 is 0. The van der Waals surface area contributed by atoms with E-state index >= 15 is 0 Å². The van der Waals surface area contributed by atoms with Crippen LogP contribution in [-0.4, -0.2) is 41.2 Å². The predicted octanol–water partition coefficient (Wildman–Crippen LogP) is 2.66. The Bertz CT molecular complexity index is 506. The molecular formula is C16H21NO3S. The number of thioether (sulfide) groups is 1. The molecule has 0 spiro atoms. The highest BCUT2D eigenvalue weighted by molar-refractivity contribution is 7.99. The molecule has 1 N–H and O–H groups in total. The van der Waals surface area contributed by atoms with Gasteiger partial charge in [0.05, 0.1) is 5.92 Å². The summed E-state index contributed by atoms with van der Waals surface area (Å²) in [5.74, 6) is -1.01. The van der Waals surface area contributed by atoms with Gasteiger partial charge in [0.15, 0.2) is 0 Å². The lowest BCUT2D eigenvalue weighted by atomic mass is 9.90. The molecule has 1 heterocycles. The summed E-state index contributed by atoms with van der Waals surface area (Å²) in [7, 11) is 0. The first-order valence-electron chi connectivity index (χ1n) is 7.12. The zero-order chi connectivity index (χ0) is 15.4. The minimum Gasteiger partial charge on any atom is -0.481 e. The van der Waals surface area contributed by atoms with Gasteiger partial charge in [0.2, 0.25) is 5.91 Å². The van der Waals surface area contributed by atoms with E-state index in [1.165, 1.54) is 11.8 Å². The van der Waals surface area contributed by atoms with E-state index in [2.05, 4.69) is 0 Å². The van der Waals surface area contributed by atoms with Gasteiger partial charge in [-0.15, -0.1) is 11.8 Å². The van der Waals surface area contributed by atoms with Crippen molar-refractivity contribution in [2.24, 2.45) is 11.8 Å². The van der Waals surface area contributed by atoms with E-state index in [9.17, 15) is 14.7 Å². The van der Waals surface area contributed by atoms with Crippen molar-refractivity contribution in [3.8, 4) is 0 Å². The molecule has 1 aromatic rings. The van der Waals surface area contributed by atoms with Gasteiger partial charge in [0, 0.05) is 13.1 Å².